The van der Waals surface area contributed by atoms with Gasteiger partial charge >= 0.3 is 0 Å². The molecule has 1 aliphatic rings. The standard InChI is InChI=1S/C20H21N7O3/c1-12(27-11-21-17-16(27)19(29)26(3)20(30)25(17)2)18(28)22-15-10-9-14(23-24-15)13-7-5-4-6-8-13/h4-12,20,30H,1-3H3,(H,22,24,28)/t12-,20?/m0/s1. The highest BCUT2D eigenvalue weighted by Crippen LogP contribution is 2.29. The SMILES string of the molecule is C[C@@H](C(=O)Nc1ccc(-c2ccccc2)nn1)n1cnc2c1C(=O)N(C)C(O)N2C. The van der Waals surface area contributed by atoms with Gasteiger partial charge in [-0.1, -0.05) is 30.3 Å². The second kappa shape index (κ2) is 7.56. The number of rotatable bonds is 4. The molecule has 3 aromatic rings. The Labute approximate surface area is 172 Å². The minimum absolute atomic E-state index is 0.235. The van der Waals surface area contributed by atoms with Gasteiger partial charge in [0.05, 0.1) is 12.0 Å². The second-order valence-corrected chi connectivity index (χ2v) is 7.03. The van der Waals surface area contributed by atoms with Crippen LogP contribution in [0, 0.1) is 0 Å². The number of carbonyl (C=O) groups is 2. The first-order valence-corrected chi connectivity index (χ1v) is 9.33. The summed E-state index contributed by atoms with van der Waals surface area (Å²) in [5.41, 5.74) is 1.86. The zero-order valence-electron chi connectivity index (χ0n) is 16.7. The zero-order valence-corrected chi connectivity index (χ0v) is 16.7. The molecule has 0 radical (unpaired) electrons. The lowest BCUT2D eigenvalue weighted by Gasteiger charge is -2.36. The van der Waals surface area contributed by atoms with E-state index in [1.165, 1.54) is 27.7 Å². The van der Waals surface area contributed by atoms with Gasteiger partial charge in [-0.05, 0) is 19.1 Å². The van der Waals surface area contributed by atoms with Crippen LogP contribution in [0.1, 0.15) is 23.5 Å². The summed E-state index contributed by atoms with van der Waals surface area (Å²) in [5.74, 6) is -0.172. The molecule has 3 heterocycles. The van der Waals surface area contributed by atoms with Gasteiger partial charge in [0, 0.05) is 19.7 Å². The van der Waals surface area contributed by atoms with Gasteiger partial charge < -0.3 is 19.9 Å². The molecular weight excluding hydrogens is 386 g/mol. The van der Waals surface area contributed by atoms with Gasteiger partial charge in [0.2, 0.25) is 12.3 Å². The number of hydrogen-bond acceptors (Lipinski definition) is 7. The van der Waals surface area contributed by atoms with E-state index in [-0.39, 0.29) is 11.6 Å². The Bertz CT molecular complexity index is 1080. The third-order valence-corrected chi connectivity index (χ3v) is 5.11. The fourth-order valence-electron chi connectivity index (χ4n) is 3.27. The van der Waals surface area contributed by atoms with Gasteiger partial charge in [-0.3, -0.25) is 14.5 Å². The van der Waals surface area contributed by atoms with Gasteiger partial charge in [-0.15, -0.1) is 10.2 Å². The molecule has 2 amide bonds. The summed E-state index contributed by atoms with van der Waals surface area (Å²) in [5, 5.41) is 21.0. The molecule has 154 valence electrons. The monoisotopic (exact) mass is 407 g/mol. The van der Waals surface area contributed by atoms with E-state index in [1.807, 2.05) is 30.3 Å². The molecule has 4 rings (SSSR count). The van der Waals surface area contributed by atoms with Crippen LogP contribution in [0.2, 0.25) is 0 Å². The molecule has 30 heavy (non-hydrogen) atoms. The Morgan fingerprint density at radius 3 is 2.50 bits per heavy atom. The minimum atomic E-state index is -1.11. The Morgan fingerprint density at radius 1 is 1.10 bits per heavy atom. The van der Waals surface area contributed by atoms with Crippen LogP contribution < -0.4 is 10.2 Å². The first-order chi connectivity index (χ1) is 14.4. The lowest BCUT2D eigenvalue weighted by Crippen LogP contribution is -2.52. The van der Waals surface area contributed by atoms with Crippen molar-refractivity contribution in [3.8, 4) is 11.3 Å². The maximum atomic E-state index is 12.8. The molecule has 0 bridgehead atoms. The molecule has 10 heteroatoms. The van der Waals surface area contributed by atoms with Crippen LogP contribution in [0.25, 0.3) is 11.3 Å². The van der Waals surface area contributed by atoms with Crippen LogP contribution in [0.15, 0.2) is 48.8 Å². The number of carbonyl (C=O) groups excluding carboxylic acids is 2. The maximum Gasteiger partial charge on any atom is 0.277 e. The first-order valence-electron chi connectivity index (χ1n) is 9.33. The van der Waals surface area contributed by atoms with E-state index in [4.69, 9.17) is 0 Å². The van der Waals surface area contributed by atoms with E-state index in [1.54, 1.807) is 26.1 Å². The number of aliphatic hydroxyl groups is 1. The summed E-state index contributed by atoms with van der Waals surface area (Å²) < 4.78 is 1.48. The normalized spacial score (nSPS) is 16.9. The van der Waals surface area contributed by atoms with Crippen LogP contribution in [-0.4, -0.2) is 62.0 Å². The second-order valence-electron chi connectivity index (χ2n) is 7.03. The van der Waals surface area contributed by atoms with Crippen LogP contribution in [-0.2, 0) is 4.79 Å². The van der Waals surface area contributed by atoms with Crippen molar-refractivity contribution in [2.45, 2.75) is 19.3 Å². The molecule has 0 fully saturated rings. The highest BCUT2D eigenvalue weighted by Gasteiger charge is 2.37. The summed E-state index contributed by atoms with van der Waals surface area (Å²) in [6, 6.07) is 12.3. The van der Waals surface area contributed by atoms with Gasteiger partial charge in [-0.2, -0.15) is 0 Å². The Balaban J connectivity index is 1.53. The van der Waals surface area contributed by atoms with Crippen molar-refractivity contribution < 1.29 is 14.7 Å². The topological polar surface area (TPSA) is 116 Å². The van der Waals surface area contributed by atoms with E-state index in [0.717, 1.165) is 5.56 Å². The van der Waals surface area contributed by atoms with Crippen molar-refractivity contribution in [3.63, 3.8) is 0 Å². The first kappa shape index (κ1) is 19.5. The van der Waals surface area contributed by atoms with E-state index in [0.29, 0.717) is 17.3 Å². The highest BCUT2D eigenvalue weighted by atomic mass is 16.3. The van der Waals surface area contributed by atoms with Crippen LogP contribution >= 0.6 is 0 Å². The van der Waals surface area contributed by atoms with Gasteiger partial charge in [-0.25, -0.2) is 4.98 Å². The van der Waals surface area contributed by atoms with Crippen molar-refractivity contribution in [1.82, 2.24) is 24.6 Å². The molecule has 0 spiro atoms. The van der Waals surface area contributed by atoms with Crippen molar-refractivity contribution in [2.24, 2.45) is 0 Å². The molecule has 2 N–H and O–H groups in total. The van der Waals surface area contributed by atoms with Crippen molar-refractivity contribution in [3.05, 3.63) is 54.5 Å². The number of nitrogens with one attached hydrogen (secondary N) is 1. The van der Waals surface area contributed by atoms with Crippen molar-refractivity contribution in [1.29, 1.82) is 0 Å². The van der Waals surface area contributed by atoms with Crippen LogP contribution in [0.4, 0.5) is 11.6 Å². The summed E-state index contributed by atoms with van der Waals surface area (Å²) in [7, 11) is 3.11. The average Bonchev–Trinajstić information content (AvgIpc) is 3.22. The average molecular weight is 407 g/mol. The number of aliphatic hydroxyl groups excluding tert-OH is 1. The van der Waals surface area contributed by atoms with Gasteiger partial charge in [0.1, 0.15) is 6.04 Å². The van der Waals surface area contributed by atoms with E-state index in [9.17, 15) is 14.7 Å². The summed E-state index contributed by atoms with van der Waals surface area (Å²) in [6.45, 7) is 1.65. The molecule has 0 saturated heterocycles. The Morgan fingerprint density at radius 2 is 1.83 bits per heavy atom. The summed E-state index contributed by atoms with van der Waals surface area (Å²) >= 11 is 0. The number of fused-ring (bicyclic) bond motifs is 1. The lowest BCUT2D eigenvalue weighted by molar-refractivity contribution is -0.118. The van der Waals surface area contributed by atoms with Crippen LogP contribution in [0.5, 0.6) is 0 Å². The Hall–Kier alpha value is -3.79. The zero-order chi connectivity index (χ0) is 21.4. The number of hydrogen-bond donors (Lipinski definition) is 2. The molecular formula is C20H21N7O3. The van der Waals surface area contributed by atoms with Crippen molar-refractivity contribution in [2.75, 3.05) is 24.3 Å². The number of benzene rings is 1. The number of nitrogens with zero attached hydrogens (tertiary/aromatic N) is 6. The maximum absolute atomic E-state index is 12.8. The predicted molar refractivity (Wildman–Crippen MR) is 110 cm³/mol. The van der Waals surface area contributed by atoms with E-state index >= 15 is 0 Å². The third kappa shape index (κ3) is 3.26. The van der Waals surface area contributed by atoms with Crippen LogP contribution in [0.3, 0.4) is 0 Å². The predicted octanol–water partition coefficient (Wildman–Crippen LogP) is 1.34. The van der Waals surface area contributed by atoms with E-state index in [2.05, 4.69) is 20.5 Å². The lowest BCUT2D eigenvalue weighted by atomic mass is 10.1. The van der Waals surface area contributed by atoms with Gasteiger partial charge in [0.15, 0.2) is 17.3 Å². The van der Waals surface area contributed by atoms with Crippen molar-refractivity contribution >= 4 is 23.5 Å². The highest BCUT2D eigenvalue weighted by molar-refractivity contribution is 6.00. The molecule has 0 aliphatic carbocycles. The summed E-state index contributed by atoms with van der Waals surface area (Å²) in [6.07, 6.45) is 0.301. The Kier molecular flexibility index (Phi) is 4.92. The largest absolute Gasteiger partial charge is 0.356 e. The smallest absolute Gasteiger partial charge is 0.277 e. The fraction of sp³-hybridized carbons (Fsp3) is 0.250. The third-order valence-electron chi connectivity index (χ3n) is 5.11. The molecule has 0 saturated carbocycles. The molecule has 1 unspecified atom stereocenters. The molecule has 2 atom stereocenters. The number of anilines is 2. The summed E-state index contributed by atoms with van der Waals surface area (Å²) in [4.78, 5) is 32.3. The molecule has 1 aliphatic heterocycles. The quantitative estimate of drug-likeness (QED) is 0.670. The number of aromatic nitrogens is 4. The molecule has 1 aromatic carbocycles. The van der Waals surface area contributed by atoms with Gasteiger partial charge in [0.25, 0.3) is 5.91 Å². The minimum Gasteiger partial charge on any atom is -0.356 e. The molecule has 2 aromatic heterocycles. The van der Waals surface area contributed by atoms with E-state index < -0.39 is 18.3 Å². The molecule has 10 nitrogen and oxygen atoms in total. The fourth-order valence-corrected chi connectivity index (χ4v) is 3.27. The number of imidazole rings is 1. The number of amides is 2.